The van der Waals surface area contributed by atoms with E-state index in [4.69, 9.17) is 9.15 Å². The van der Waals surface area contributed by atoms with Gasteiger partial charge in [0.15, 0.2) is 0 Å². The molecule has 1 aliphatic heterocycles. The number of amides is 1. The van der Waals surface area contributed by atoms with E-state index >= 15 is 0 Å². The molecule has 0 spiro atoms. The zero-order valence-electron chi connectivity index (χ0n) is 18.4. The van der Waals surface area contributed by atoms with Crippen molar-refractivity contribution in [3.63, 3.8) is 0 Å². The van der Waals surface area contributed by atoms with Gasteiger partial charge >= 0.3 is 0 Å². The SMILES string of the molecule is CCOc1cccc(N2C(=O)C(=O)/C(=C(\O)c3ccc4c(c3)CCCC4)C2c2ccco2)c1. The van der Waals surface area contributed by atoms with E-state index < -0.39 is 17.7 Å². The van der Waals surface area contributed by atoms with Crippen molar-refractivity contribution in [2.24, 2.45) is 0 Å². The van der Waals surface area contributed by atoms with Crippen molar-refractivity contribution < 1.29 is 23.8 Å². The van der Waals surface area contributed by atoms with Gasteiger partial charge in [-0.3, -0.25) is 14.5 Å². The van der Waals surface area contributed by atoms with E-state index in [0.29, 0.717) is 29.4 Å². The number of aliphatic hydroxyl groups excluding tert-OH is 1. The lowest BCUT2D eigenvalue weighted by Crippen LogP contribution is -2.29. The molecular weight excluding hydrogens is 418 g/mol. The van der Waals surface area contributed by atoms with Crippen molar-refractivity contribution in [3.8, 4) is 5.75 Å². The first-order valence-electron chi connectivity index (χ1n) is 11.3. The fourth-order valence-electron chi connectivity index (χ4n) is 4.74. The molecule has 2 aromatic carbocycles. The number of furan rings is 1. The summed E-state index contributed by atoms with van der Waals surface area (Å²) in [7, 11) is 0. The van der Waals surface area contributed by atoms with Gasteiger partial charge in [0, 0.05) is 17.3 Å². The van der Waals surface area contributed by atoms with Crippen LogP contribution < -0.4 is 9.64 Å². The average molecular weight is 443 g/mol. The maximum absolute atomic E-state index is 13.2. The lowest BCUT2D eigenvalue weighted by molar-refractivity contribution is -0.132. The van der Waals surface area contributed by atoms with Crippen LogP contribution in [0.25, 0.3) is 5.76 Å². The number of fused-ring (bicyclic) bond motifs is 1. The number of ether oxygens (including phenoxy) is 1. The van der Waals surface area contributed by atoms with Crippen molar-refractivity contribution in [1.82, 2.24) is 0 Å². The van der Waals surface area contributed by atoms with E-state index in [1.807, 2.05) is 25.1 Å². The van der Waals surface area contributed by atoms with Gasteiger partial charge in [-0.15, -0.1) is 0 Å². The molecule has 6 heteroatoms. The lowest BCUT2D eigenvalue weighted by atomic mass is 9.89. The summed E-state index contributed by atoms with van der Waals surface area (Å²) in [6.45, 7) is 2.35. The highest BCUT2D eigenvalue weighted by molar-refractivity contribution is 6.51. The molecule has 1 atom stereocenters. The molecule has 168 valence electrons. The molecule has 1 aliphatic carbocycles. The molecule has 2 heterocycles. The number of aliphatic hydroxyl groups is 1. The van der Waals surface area contributed by atoms with Crippen LogP contribution >= 0.6 is 0 Å². The molecule has 0 bridgehead atoms. The van der Waals surface area contributed by atoms with Gasteiger partial charge in [0.2, 0.25) is 0 Å². The minimum Gasteiger partial charge on any atom is -0.507 e. The molecule has 1 fully saturated rings. The summed E-state index contributed by atoms with van der Waals surface area (Å²) in [5.74, 6) is -0.662. The molecule has 6 nitrogen and oxygen atoms in total. The minimum atomic E-state index is -0.882. The molecule has 1 N–H and O–H groups in total. The fourth-order valence-corrected chi connectivity index (χ4v) is 4.74. The van der Waals surface area contributed by atoms with E-state index in [-0.39, 0.29) is 11.3 Å². The topological polar surface area (TPSA) is 80.0 Å². The smallest absolute Gasteiger partial charge is 0.300 e. The van der Waals surface area contributed by atoms with Gasteiger partial charge in [0.1, 0.15) is 23.3 Å². The third-order valence-corrected chi connectivity index (χ3v) is 6.29. The quantitative estimate of drug-likeness (QED) is 0.334. The number of Topliss-reactive ketones (excluding diaryl/α,β-unsaturated/α-hetero) is 1. The molecule has 0 saturated carbocycles. The molecule has 3 aromatic rings. The summed E-state index contributed by atoms with van der Waals surface area (Å²) in [6, 6.07) is 15.3. The Balaban J connectivity index is 1.65. The molecule has 1 unspecified atom stereocenters. The third-order valence-electron chi connectivity index (χ3n) is 6.29. The molecule has 33 heavy (non-hydrogen) atoms. The van der Waals surface area contributed by atoms with Crippen LogP contribution in [-0.2, 0) is 22.4 Å². The number of rotatable bonds is 5. The molecule has 0 radical (unpaired) electrons. The van der Waals surface area contributed by atoms with E-state index in [9.17, 15) is 14.7 Å². The minimum absolute atomic E-state index is 0.0209. The van der Waals surface area contributed by atoms with E-state index in [1.165, 1.54) is 22.3 Å². The number of hydrogen-bond acceptors (Lipinski definition) is 5. The maximum Gasteiger partial charge on any atom is 0.300 e. The Morgan fingerprint density at radius 1 is 1.06 bits per heavy atom. The molecular formula is C27H25NO5. The molecule has 5 rings (SSSR count). The predicted octanol–water partition coefficient (Wildman–Crippen LogP) is 5.18. The van der Waals surface area contributed by atoms with Crippen molar-refractivity contribution in [2.45, 2.75) is 38.6 Å². The van der Waals surface area contributed by atoms with Crippen molar-refractivity contribution >= 4 is 23.1 Å². The Labute approximate surface area is 192 Å². The average Bonchev–Trinajstić information content (AvgIpc) is 3.46. The zero-order chi connectivity index (χ0) is 22.9. The van der Waals surface area contributed by atoms with Gasteiger partial charge in [-0.2, -0.15) is 0 Å². The van der Waals surface area contributed by atoms with Gasteiger partial charge in [-0.1, -0.05) is 18.2 Å². The summed E-state index contributed by atoms with van der Waals surface area (Å²) in [4.78, 5) is 27.8. The number of hydrogen-bond donors (Lipinski definition) is 1. The van der Waals surface area contributed by atoms with Gasteiger partial charge in [-0.05, 0) is 74.1 Å². The van der Waals surface area contributed by atoms with Gasteiger partial charge < -0.3 is 14.3 Å². The van der Waals surface area contributed by atoms with Crippen LogP contribution in [0.3, 0.4) is 0 Å². The number of carbonyl (C=O) groups is 2. The number of benzene rings is 2. The van der Waals surface area contributed by atoms with Crippen LogP contribution in [0.2, 0.25) is 0 Å². The standard InChI is InChI=1S/C27H25NO5/c1-2-32-21-10-5-9-20(16-21)28-24(22-11-6-14-33-22)23(26(30)27(28)31)25(29)19-13-12-17-7-3-4-8-18(17)15-19/h5-6,9-16,24,29H,2-4,7-8H2,1H3/b25-23-. The summed E-state index contributed by atoms with van der Waals surface area (Å²) >= 11 is 0. The first-order valence-corrected chi connectivity index (χ1v) is 11.3. The highest BCUT2D eigenvalue weighted by atomic mass is 16.5. The second-order valence-corrected chi connectivity index (χ2v) is 8.31. The van der Waals surface area contributed by atoms with Crippen LogP contribution in [0.15, 0.2) is 70.9 Å². The predicted molar refractivity (Wildman–Crippen MR) is 124 cm³/mol. The van der Waals surface area contributed by atoms with Crippen molar-refractivity contribution in [2.75, 3.05) is 11.5 Å². The summed E-state index contributed by atoms with van der Waals surface area (Å²) < 4.78 is 11.2. The third kappa shape index (κ3) is 3.71. The Hall–Kier alpha value is -3.80. The normalized spacial score (nSPS) is 19.5. The summed E-state index contributed by atoms with van der Waals surface area (Å²) in [5, 5.41) is 11.3. The van der Waals surface area contributed by atoms with Crippen molar-refractivity contribution in [1.29, 1.82) is 0 Å². The van der Waals surface area contributed by atoms with E-state index in [1.54, 1.807) is 36.4 Å². The van der Waals surface area contributed by atoms with Crippen LogP contribution in [0.1, 0.15) is 48.3 Å². The van der Waals surface area contributed by atoms with Gasteiger partial charge in [-0.25, -0.2) is 0 Å². The van der Waals surface area contributed by atoms with Crippen molar-refractivity contribution in [3.05, 3.63) is 88.9 Å². The van der Waals surface area contributed by atoms with Gasteiger partial charge in [0.05, 0.1) is 18.4 Å². The Morgan fingerprint density at radius 3 is 2.64 bits per heavy atom. The Kier molecular flexibility index (Phi) is 5.50. The second kappa shape index (κ2) is 8.62. The summed E-state index contributed by atoms with van der Waals surface area (Å²) in [6.07, 6.45) is 5.71. The van der Waals surface area contributed by atoms with Crippen LogP contribution in [-0.4, -0.2) is 23.4 Å². The second-order valence-electron chi connectivity index (χ2n) is 8.31. The highest BCUT2D eigenvalue weighted by Gasteiger charge is 2.48. The molecule has 1 saturated heterocycles. The van der Waals surface area contributed by atoms with Crippen LogP contribution in [0, 0.1) is 0 Å². The first kappa shape index (κ1) is 21.1. The lowest BCUT2D eigenvalue weighted by Gasteiger charge is -2.24. The number of anilines is 1. The molecule has 1 amide bonds. The van der Waals surface area contributed by atoms with Crippen LogP contribution in [0.4, 0.5) is 5.69 Å². The zero-order valence-corrected chi connectivity index (χ0v) is 18.4. The fraction of sp³-hybridized carbons (Fsp3) is 0.259. The number of ketones is 1. The van der Waals surface area contributed by atoms with Crippen LogP contribution in [0.5, 0.6) is 5.75 Å². The monoisotopic (exact) mass is 443 g/mol. The highest BCUT2D eigenvalue weighted by Crippen LogP contribution is 2.43. The van der Waals surface area contributed by atoms with E-state index in [0.717, 1.165) is 25.7 Å². The molecule has 1 aromatic heterocycles. The molecule has 2 aliphatic rings. The first-order chi connectivity index (χ1) is 16.1. The summed E-state index contributed by atoms with van der Waals surface area (Å²) in [5.41, 5.74) is 3.50. The number of carbonyl (C=O) groups excluding carboxylic acids is 2. The van der Waals surface area contributed by atoms with E-state index in [2.05, 4.69) is 0 Å². The Morgan fingerprint density at radius 2 is 1.88 bits per heavy atom. The number of aryl methyl sites for hydroxylation is 2. The van der Waals surface area contributed by atoms with Gasteiger partial charge in [0.25, 0.3) is 11.7 Å². The maximum atomic E-state index is 13.2. The largest absolute Gasteiger partial charge is 0.507 e. The number of nitrogens with zero attached hydrogens (tertiary/aromatic N) is 1. The Bertz CT molecular complexity index is 1240.